The molecule has 2 aromatic heterocycles. The SMILES string of the molecule is CC(CN)c1nc(-c2cc(Br)cs2)cs1. The van der Waals surface area contributed by atoms with Crippen LogP contribution < -0.4 is 5.73 Å². The molecule has 1 atom stereocenters. The van der Waals surface area contributed by atoms with E-state index in [1.807, 2.05) is 0 Å². The van der Waals surface area contributed by atoms with Gasteiger partial charge in [-0.2, -0.15) is 0 Å². The van der Waals surface area contributed by atoms with Gasteiger partial charge in [-0.15, -0.1) is 22.7 Å². The maximum Gasteiger partial charge on any atom is 0.0973 e. The Morgan fingerprint density at radius 2 is 2.27 bits per heavy atom. The van der Waals surface area contributed by atoms with Crippen LogP contribution in [0.3, 0.4) is 0 Å². The Bertz CT molecular complexity index is 450. The van der Waals surface area contributed by atoms with Crippen LogP contribution in [0.15, 0.2) is 21.3 Å². The number of hydrogen-bond donors (Lipinski definition) is 1. The van der Waals surface area contributed by atoms with E-state index in [0.29, 0.717) is 12.5 Å². The molecule has 0 saturated carbocycles. The predicted molar refractivity (Wildman–Crippen MR) is 70.6 cm³/mol. The van der Waals surface area contributed by atoms with Crippen molar-refractivity contribution in [1.82, 2.24) is 4.98 Å². The van der Waals surface area contributed by atoms with Crippen LogP contribution in [0.4, 0.5) is 0 Å². The standard InChI is InChI=1S/C10H11BrN2S2/c1-6(3-12)10-13-8(5-15-10)9-2-7(11)4-14-9/h2,4-6H,3,12H2,1H3. The van der Waals surface area contributed by atoms with E-state index in [1.165, 1.54) is 4.88 Å². The molecule has 1 unspecified atom stereocenters. The van der Waals surface area contributed by atoms with Crippen molar-refractivity contribution in [1.29, 1.82) is 0 Å². The van der Waals surface area contributed by atoms with Crippen LogP contribution in [-0.2, 0) is 0 Å². The summed E-state index contributed by atoms with van der Waals surface area (Å²) in [6.07, 6.45) is 0. The highest BCUT2D eigenvalue weighted by Gasteiger charge is 2.10. The van der Waals surface area contributed by atoms with Crippen molar-refractivity contribution in [3.05, 3.63) is 26.3 Å². The lowest BCUT2D eigenvalue weighted by molar-refractivity contribution is 0.767. The molecule has 0 aromatic carbocycles. The molecule has 0 amide bonds. The highest BCUT2D eigenvalue weighted by molar-refractivity contribution is 9.10. The predicted octanol–water partition coefficient (Wildman–Crippen LogP) is 3.70. The summed E-state index contributed by atoms with van der Waals surface area (Å²) in [6.45, 7) is 2.76. The number of hydrogen-bond acceptors (Lipinski definition) is 4. The summed E-state index contributed by atoms with van der Waals surface area (Å²) >= 11 is 6.83. The molecule has 0 aliphatic rings. The van der Waals surface area contributed by atoms with Gasteiger partial charge in [0.15, 0.2) is 0 Å². The van der Waals surface area contributed by atoms with Crippen LogP contribution in [0.5, 0.6) is 0 Å². The Morgan fingerprint density at radius 1 is 1.47 bits per heavy atom. The third-order valence-corrected chi connectivity index (χ3v) is 4.91. The van der Waals surface area contributed by atoms with Crippen molar-refractivity contribution < 1.29 is 0 Å². The lowest BCUT2D eigenvalue weighted by Crippen LogP contribution is -2.08. The van der Waals surface area contributed by atoms with E-state index < -0.39 is 0 Å². The number of thiazole rings is 1. The molecule has 2 heterocycles. The average Bonchev–Trinajstić information content (AvgIpc) is 2.84. The van der Waals surface area contributed by atoms with Gasteiger partial charge in [0, 0.05) is 27.7 Å². The molecule has 15 heavy (non-hydrogen) atoms. The molecule has 0 aliphatic heterocycles. The minimum Gasteiger partial charge on any atom is -0.330 e. The second-order valence-corrected chi connectivity index (χ2v) is 6.05. The number of nitrogens with two attached hydrogens (primary N) is 1. The smallest absolute Gasteiger partial charge is 0.0973 e. The van der Waals surface area contributed by atoms with Crippen LogP contribution in [-0.4, -0.2) is 11.5 Å². The summed E-state index contributed by atoms with van der Waals surface area (Å²) in [5, 5.41) is 5.29. The van der Waals surface area contributed by atoms with Crippen molar-refractivity contribution in [2.24, 2.45) is 5.73 Å². The first-order chi connectivity index (χ1) is 7.20. The first-order valence-corrected chi connectivity index (χ1v) is 7.16. The third kappa shape index (κ3) is 2.47. The number of nitrogens with zero attached hydrogens (tertiary/aromatic N) is 1. The van der Waals surface area contributed by atoms with Crippen LogP contribution in [0.1, 0.15) is 17.8 Å². The highest BCUT2D eigenvalue weighted by Crippen LogP contribution is 2.32. The first kappa shape index (κ1) is 11.3. The average molecular weight is 303 g/mol. The fraction of sp³-hybridized carbons (Fsp3) is 0.300. The van der Waals surface area contributed by atoms with E-state index in [1.54, 1.807) is 22.7 Å². The van der Waals surface area contributed by atoms with Gasteiger partial charge in [-0.3, -0.25) is 0 Å². The monoisotopic (exact) mass is 302 g/mol. The molecule has 0 aliphatic carbocycles. The van der Waals surface area contributed by atoms with Crippen LogP contribution in [0.25, 0.3) is 10.6 Å². The largest absolute Gasteiger partial charge is 0.330 e. The number of aromatic nitrogens is 1. The van der Waals surface area contributed by atoms with E-state index in [-0.39, 0.29) is 0 Å². The Morgan fingerprint density at radius 3 is 2.87 bits per heavy atom. The second kappa shape index (κ2) is 4.74. The molecule has 2 N–H and O–H groups in total. The van der Waals surface area contributed by atoms with Crippen molar-refractivity contribution in [2.45, 2.75) is 12.8 Å². The van der Waals surface area contributed by atoms with Crippen LogP contribution in [0.2, 0.25) is 0 Å². The molecule has 2 rings (SSSR count). The molecule has 80 valence electrons. The van der Waals surface area contributed by atoms with E-state index >= 15 is 0 Å². The maximum absolute atomic E-state index is 5.62. The fourth-order valence-corrected chi connectivity index (χ4v) is 3.53. The van der Waals surface area contributed by atoms with E-state index in [2.05, 4.69) is 44.7 Å². The normalized spacial score (nSPS) is 13.0. The van der Waals surface area contributed by atoms with Crippen molar-refractivity contribution in [2.75, 3.05) is 6.54 Å². The molecular weight excluding hydrogens is 292 g/mol. The number of rotatable bonds is 3. The van der Waals surface area contributed by atoms with Gasteiger partial charge >= 0.3 is 0 Å². The fourth-order valence-electron chi connectivity index (χ4n) is 1.18. The topological polar surface area (TPSA) is 38.9 Å². The number of thiophene rings is 1. The summed E-state index contributed by atoms with van der Waals surface area (Å²) in [5.41, 5.74) is 6.68. The first-order valence-electron chi connectivity index (χ1n) is 4.60. The van der Waals surface area contributed by atoms with Crippen LogP contribution >= 0.6 is 38.6 Å². The zero-order valence-corrected chi connectivity index (χ0v) is 11.5. The molecule has 0 bridgehead atoms. The van der Waals surface area contributed by atoms with Crippen molar-refractivity contribution in [3.63, 3.8) is 0 Å². The third-order valence-electron chi connectivity index (χ3n) is 2.12. The Labute approximate surface area is 105 Å². The lowest BCUT2D eigenvalue weighted by atomic mass is 10.2. The molecule has 2 nitrogen and oxygen atoms in total. The van der Waals surface area contributed by atoms with Gasteiger partial charge in [0.25, 0.3) is 0 Å². The van der Waals surface area contributed by atoms with E-state index in [9.17, 15) is 0 Å². The van der Waals surface area contributed by atoms with Gasteiger partial charge < -0.3 is 5.73 Å². The summed E-state index contributed by atoms with van der Waals surface area (Å²) < 4.78 is 1.11. The Balaban J connectivity index is 2.27. The zero-order chi connectivity index (χ0) is 10.8. The molecule has 0 saturated heterocycles. The van der Waals surface area contributed by atoms with E-state index in [4.69, 9.17) is 5.73 Å². The van der Waals surface area contributed by atoms with Gasteiger partial charge in [0.2, 0.25) is 0 Å². The zero-order valence-electron chi connectivity index (χ0n) is 8.24. The summed E-state index contributed by atoms with van der Waals surface area (Å²) in [6, 6.07) is 2.09. The summed E-state index contributed by atoms with van der Waals surface area (Å²) in [5.74, 6) is 0.354. The van der Waals surface area contributed by atoms with E-state index in [0.717, 1.165) is 15.2 Å². The minimum atomic E-state index is 0.354. The minimum absolute atomic E-state index is 0.354. The number of halogens is 1. The molecule has 0 radical (unpaired) electrons. The molecule has 2 aromatic rings. The molecule has 0 spiro atoms. The molecular formula is C10H11BrN2S2. The Hall–Kier alpha value is -0.230. The van der Waals surface area contributed by atoms with Crippen LogP contribution in [0, 0.1) is 0 Å². The van der Waals surface area contributed by atoms with Gasteiger partial charge in [0.05, 0.1) is 15.6 Å². The molecule has 0 fully saturated rings. The van der Waals surface area contributed by atoms with Gasteiger partial charge in [0.1, 0.15) is 0 Å². The lowest BCUT2D eigenvalue weighted by Gasteiger charge is -2.01. The summed E-state index contributed by atoms with van der Waals surface area (Å²) in [7, 11) is 0. The van der Waals surface area contributed by atoms with Crippen molar-refractivity contribution in [3.8, 4) is 10.6 Å². The second-order valence-electron chi connectivity index (χ2n) is 3.34. The Kier molecular flexibility index (Phi) is 3.56. The maximum atomic E-state index is 5.62. The quantitative estimate of drug-likeness (QED) is 0.939. The van der Waals surface area contributed by atoms with Gasteiger partial charge in [-0.05, 0) is 22.0 Å². The van der Waals surface area contributed by atoms with Crippen molar-refractivity contribution >= 4 is 38.6 Å². The highest BCUT2D eigenvalue weighted by atomic mass is 79.9. The molecule has 5 heteroatoms. The van der Waals surface area contributed by atoms with Gasteiger partial charge in [-0.25, -0.2) is 4.98 Å². The van der Waals surface area contributed by atoms with Gasteiger partial charge in [-0.1, -0.05) is 6.92 Å². The summed E-state index contributed by atoms with van der Waals surface area (Å²) in [4.78, 5) is 5.80.